The van der Waals surface area contributed by atoms with E-state index in [1.165, 1.54) is 0 Å². The zero-order valence-corrected chi connectivity index (χ0v) is 11.8. The number of anilines is 2. The maximum Gasteiger partial charge on any atom is 0.148 e. The van der Waals surface area contributed by atoms with Crippen LogP contribution in [-0.4, -0.2) is 27.7 Å². The number of nitrogens with two attached hydrogens (primary N) is 1. The van der Waals surface area contributed by atoms with Crippen molar-refractivity contribution >= 4 is 11.6 Å². The average molecular weight is 265 g/mol. The van der Waals surface area contributed by atoms with Crippen molar-refractivity contribution in [2.24, 2.45) is 11.8 Å². The van der Waals surface area contributed by atoms with E-state index in [0.29, 0.717) is 11.7 Å². The Morgan fingerprint density at radius 1 is 1.32 bits per heavy atom. The molecule has 0 saturated heterocycles. The number of nitrogens with one attached hydrogen (secondary N) is 2. The van der Waals surface area contributed by atoms with Gasteiger partial charge in [-0.05, 0) is 32.6 Å². The molecule has 106 valence electrons. The van der Waals surface area contributed by atoms with Gasteiger partial charge in [0.05, 0.1) is 0 Å². The highest BCUT2D eigenvalue weighted by Gasteiger charge is 2.28. The van der Waals surface area contributed by atoms with Crippen LogP contribution >= 0.6 is 0 Å². The van der Waals surface area contributed by atoms with E-state index in [9.17, 15) is 5.11 Å². The second kappa shape index (κ2) is 5.71. The molecular formula is C13H23N5O. The van der Waals surface area contributed by atoms with Gasteiger partial charge < -0.3 is 15.8 Å². The molecule has 1 heterocycles. The van der Waals surface area contributed by atoms with E-state index in [1.54, 1.807) is 0 Å². The van der Waals surface area contributed by atoms with E-state index in [4.69, 9.17) is 5.84 Å². The first-order valence-electron chi connectivity index (χ1n) is 6.79. The lowest BCUT2D eigenvalue weighted by Gasteiger charge is -2.22. The van der Waals surface area contributed by atoms with E-state index >= 15 is 0 Å². The van der Waals surface area contributed by atoms with Crippen LogP contribution in [0.1, 0.15) is 44.0 Å². The molecule has 0 amide bonds. The molecule has 0 radical (unpaired) electrons. The SMILES string of the molecule is Cc1c(NN)nc(C2CC2)nc1NC(C)C(C)CO. The highest BCUT2D eigenvalue weighted by atomic mass is 16.3. The Kier molecular flexibility index (Phi) is 4.21. The summed E-state index contributed by atoms with van der Waals surface area (Å²) < 4.78 is 0. The molecule has 1 aliphatic rings. The number of hydrogen-bond acceptors (Lipinski definition) is 6. The second-order valence-corrected chi connectivity index (χ2v) is 5.42. The summed E-state index contributed by atoms with van der Waals surface area (Å²) in [4.78, 5) is 9.05. The van der Waals surface area contributed by atoms with Crippen molar-refractivity contribution in [1.29, 1.82) is 0 Å². The molecule has 0 aromatic carbocycles. The topological polar surface area (TPSA) is 96.1 Å². The van der Waals surface area contributed by atoms with Crippen LogP contribution < -0.4 is 16.6 Å². The Hall–Kier alpha value is -1.40. The van der Waals surface area contributed by atoms with Crippen molar-refractivity contribution in [3.63, 3.8) is 0 Å². The molecule has 19 heavy (non-hydrogen) atoms. The van der Waals surface area contributed by atoms with E-state index in [0.717, 1.165) is 30.0 Å². The van der Waals surface area contributed by atoms with Crippen LogP contribution in [0.3, 0.4) is 0 Å². The third-order valence-corrected chi connectivity index (χ3v) is 3.75. The number of hydrazine groups is 1. The van der Waals surface area contributed by atoms with Gasteiger partial charge in [-0.2, -0.15) is 0 Å². The Morgan fingerprint density at radius 3 is 2.47 bits per heavy atom. The lowest BCUT2D eigenvalue weighted by atomic mass is 10.1. The number of aliphatic hydroxyl groups is 1. The minimum Gasteiger partial charge on any atom is -0.396 e. The van der Waals surface area contributed by atoms with Crippen molar-refractivity contribution in [2.75, 3.05) is 17.3 Å². The van der Waals surface area contributed by atoms with Crippen molar-refractivity contribution in [1.82, 2.24) is 9.97 Å². The normalized spacial score (nSPS) is 17.9. The first kappa shape index (κ1) is 14.0. The fraction of sp³-hybridized carbons (Fsp3) is 0.692. The maximum atomic E-state index is 9.20. The fourth-order valence-corrected chi connectivity index (χ4v) is 1.86. The first-order chi connectivity index (χ1) is 9.06. The fourth-order valence-electron chi connectivity index (χ4n) is 1.86. The molecule has 1 aromatic rings. The Bertz CT molecular complexity index is 447. The predicted octanol–water partition coefficient (Wildman–Crippen LogP) is 1.38. The minimum atomic E-state index is 0.135. The smallest absolute Gasteiger partial charge is 0.148 e. The number of aliphatic hydroxyl groups excluding tert-OH is 1. The van der Waals surface area contributed by atoms with Crippen LogP contribution in [0.5, 0.6) is 0 Å². The summed E-state index contributed by atoms with van der Waals surface area (Å²) in [6.45, 7) is 6.12. The van der Waals surface area contributed by atoms with Gasteiger partial charge in [-0.15, -0.1) is 0 Å². The lowest BCUT2D eigenvalue weighted by Crippen LogP contribution is -2.27. The average Bonchev–Trinajstić information content (AvgIpc) is 3.24. The maximum absolute atomic E-state index is 9.20. The van der Waals surface area contributed by atoms with Gasteiger partial charge >= 0.3 is 0 Å². The molecule has 1 aromatic heterocycles. The summed E-state index contributed by atoms with van der Waals surface area (Å²) >= 11 is 0. The molecule has 2 atom stereocenters. The van der Waals surface area contributed by atoms with Gasteiger partial charge in [0.1, 0.15) is 17.5 Å². The van der Waals surface area contributed by atoms with Crippen molar-refractivity contribution in [2.45, 2.75) is 45.6 Å². The number of nitrogens with zero attached hydrogens (tertiary/aromatic N) is 2. The Balaban J connectivity index is 2.24. The molecule has 1 fully saturated rings. The molecule has 0 bridgehead atoms. The zero-order chi connectivity index (χ0) is 14.0. The summed E-state index contributed by atoms with van der Waals surface area (Å²) in [5.74, 6) is 8.47. The Morgan fingerprint density at radius 2 is 1.95 bits per heavy atom. The van der Waals surface area contributed by atoms with Gasteiger partial charge in [0.25, 0.3) is 0 Å². The zero-order valence-electron chi connectivity index (χ0n) is 11.8. The molecule has 2 unspecified atom stereocenters. The predicted molar refractivity (Wildman–Crippen MR) is 75.9 cm³/mol. The molecular weight excluding hydrogens is 242 g/mol. The van der Waals surface area contributed by atoms with Crippen LogP contribution in [0.4, 0.5) is 11.6 Å². The standard InChI is InChI=1S/C13H23N5O/c1-7(6-19)9(3)15-11-8(2)12(18-14)17-13(16-11)10-4-5-10/h7,9-10,19H,4-6,14H2,1-3H3,(H2,15,16,17,18). The van der Waals surface area contributed by atoms with Crippen LogP contribution in [0.15, 0.2) is 0 Å². The van der Waals surface area contributed by atoms with Gasteiger partial charge in [0, 0.05) is 24.1 Å². The summed E-state index contributed by atoms with van der Waals surface area (Å²) in [7, 11) is 0. The number of nitrogen functional groups attached to an aromatic ring is 1. The minimum absolute atomic E-state index is 0.135. The highest BCUT2D eigenvalue weighted by Crippen LogP contribution is 2.39. The van der Waals surface area contributed by atoms with E-state index < -0.39 is 0 Å². The largest absolute Gasteiger partial charge is 0.396 e. The highest BCUT2D eigenvalue weighted by molar-refractivity contribution is 5.57. The van der Waals surface area contributed by atoms with Crippen LogP contribution in [0.2, 0.25) is 0 Å². The molecule has 5 N–H and O–H groups in total. The quantitative estimate of drug-likeness (QED) is 0.458. The first-order valence-corrected chi connectivity index (χ1v) is 6.79. The second-order valence-electron chi connectivity index (χ2n) is 5.42. The van der Waals surface area contributed by atoms with Crippen molar-refractivity contribution < 1.29 is 5.11 Å². The molecule has 0 spiro atoms. The van der Waals surface area contributed by atoms with Gasteiger partial charge in [0.15, 0.2) is 0 Å². The van der Waals surface area contributed by atoms with Gasteiger partial charge in [0.2, 0.25) is 0 Å². The van der Waals surface area contributed by atoms with E-state index in [-0.39, 0.29) is 18.6 Å². The van der Waals surface area contributed by atoms with Crippen LogP contribution in [-0.2, 0) is 0 Å². The summed E-state index contributed by atoms with van der Waals surface area (Å²) in [6, 6.07) is 0.135. The Labute approximate surface area is 113 Å². The molecule has 2 rings (SSSR count). The number of rotatable bonds is 6. The van der Waals surface area contributed by atoms with Gasteiger partial charge in [-0.1, -0.05) is 6.92 Å². The number of hydrogen-bond donors (Lipinski definition) is 4. The van der Waals surface area contributed by atoms with Gasteiger partial charge in [-0.25, -0.2) is 15.8 Å². The van der Waals surface area contributed by atoms with E-state index in [2.05, 4.69) is 20.7 Å². The third kappa shape index (κ3) is 3.13. The number of aromatic nitrogens is 2. The molecule has 6 nitrogen and oxygen atoms in total. The van der Waals surface area contributed by atoms with Crippen molar-refractivity contribution in [3.8, 4) is 0 Å². The van der Waals surface area contributed by atoms with Gasteiger partial charge in [-0.3, -0.25) is 0 Å². The lowest BCUT2D eigenvalue weighted by molar-refractivity contribution is 0.226. The van der Waals surface area contributed by atoms with Crippen molar-refractivity contribution in [3.05, 3.63) is 11.4 Å². The monoisotopic (exact) mass is 265 g/mol. The summed E-state index contributed by atoms with van der Waals surface area (Å²) in [6.07, 6.45) is 2.30. The third-order valence-electron chi connectivity index (χ3n) is 3.75. The molecule has 1 aliphatic carbocycles. The summed E-state index contributed by atoms with van der Waals surface area (Å²) in [5, 5.41) is 12.6. The molecule has 1 saturated carbocycles. The van der Waals surface area contributed by atoms with Crippen LogP contribution in [0, 0.1) is 12.8 Å². The molecule has 0 aliphatic heterocycles. The molecule has 6 heteroatoms. The van der Waals surface area contributed by atoms with Crippen LogP contribution in [0.25, 0.3) is 0 Å². The summed E-state index contributed by atoms with van der Waals surface area (Å²) in [5.41, 5.74) is 3.54. The van der Waals surface area contributed by atoms with E-state index in [1.807, 2.05) is 20.8 Å².